The number of ketones is 1. The molecule has 0 bridgehead atoms. The number of likely N-dealkylation sites (N-methyl/N-ethyl adjacent to an activating group) is 1. The summed E-state index contributed by atoms with van der Waals surface area (Å²) in [6.45, 7) is 9.69. The minimum absolute atomic E-state index is 0.105. The van der Waals surface area contributed by atoms with Gasteiger partial charge >= 0.3 is 0 Å². The molecule has 1 atom stereocenters. The van der Waals surface area contributed by atoms with Gasteiger partial charge in [0.2, 0.25) is 0 Å². The standard InChI is InChI=1S/C15H29NO/c1-6-7-8-9-10-11-12-15(4,16-5)14(17)13(2)3/h6,13,16H,1,7-12H2,2-5H3/t15-/m0/s1. The lowest BCUT2D eigenvalue weighted by Crippen LogP contribution is -2.49. The molecule has 0 aliphatic rings. The van der Waals surface area contributed by atoms with Gasteiger partial charge in [-0.3, -0.25) is 4.79 Å². The van der Waals surface area contributed by atoms with Crippen LogP contribution in [0.2, 0.25) is 0 Å². The maximum absolute atomic E-state index is 12.1. The molecule has 0 fully saturated rings. The first-order valence-corrected chi connectivity index (χ1v) is 6.82. The Morgan fingerprint density at radius 3 is 2.35 bits per heavy atom. The topological polar surface area (TPSA) is 29.1 Å². The van der Waals surface area contributed by atoms with Gasteiger partial charge in [0.25, 0.3) is 0 Å². The number of hydrogen-bond donors (Lipinski definition) is 1. The Labute approximate surface area is 107 Å². The molecule has 0 heterocycles. The Kier molecular flexibility index (Phi) is 8.15. The molecule has 0 aromatic carbocycles. The summed E-state index contributed by atoms with van der Waals surface area (Å²) in [6.07, 6.45) is 8.80. The summed E-state index contributed by atoms with van der Waals surface area (Å²) in [5.74, 6) is 0.430. The number of Topliss-reactive ketones (excluding diaryl/α,β-unsaturated/α-hetero) is 1. The maximum Gasteiger partial charge on any atom is 0.155 e. The number of carbonyl (C=O) groups excluding carboxylic acids is 1. The zero-order valence-electron chi connectivity index (χ0n) is 12.0. The van der Waals surface area contributed by atoms with Gasteiger partial charge in [-0.15, -0.1) is 6.58 Å². The van der Waals surface area contributed by atoms with E-state index in [1.165, 1.54) is 19.3 Å². The predicted octanol–water partition coefficient (Wildman–Crippen LogP) is 3.72. The van der Waals surface area contributed by atoms with E-state index in [1.807, 2.05) is 33.9 Å². The van der Waals surface area contributed by atoms with Crippen LogP contribution in [0.3, 0.4) is 0 Å². The summed E-state index contributed by atoms with van der Waals surface area (Å²) in [7, 11) is 1.89. The van der Waals surface area contributed by atoms with Crippen molar-refractivity contribution < 1.29 is 4.79 Å². The number of nitrogens with one attached hydrogen (secondary N) is 1. The van der Waals surface area contributed by atoms with Crippen LogP contribution in [-0.2, 0) is 4.79 Å². The highest BCUT2D eigenvalue weighted by molar-refractivity contribution is 5.89. The highest BCUT2D eigenvalue weighted by atomic mass is 16.1. The number of rotatable bonds is 10. The summed E-state index contributed by atoms with van der Waals surface area (Å²) in [6, 6.07) is 0. The second-order valence-electron chi connectivity index (χ2n) is 5.34. The summed E-state index contributed by atoms with van der Waals surface area (Å²) in [5, 5.41) is 3.20. The Morgan fingerprint density at radius 1 is 1.29 bits per heavy atom. The second kappa shape index (κ2) is 8.46. The van der Waals surface area contributed by atoms with E-state index in [2.05, 4.69) is 11.9 Å². The van der Waals surface area contributed by atoms with Crippen molar-refractivity contribution >= 4 is 5.78 Å². The average Bonchev–Trinajstić information content (AvgIpc) is 2.32. The Balaban J connectivity index is 3.96. The van der Waals surface area contributed by atoms with Crippen LogP contribution in [0.15, 0.2) is 12.7 Å². The molecule has 0 radical (unpaired) electrons. The first kappa shape index (κ1) is 16.4. The van der Waals surface area contributed by atoms with Gasteiger partial charge in [-0.05, 0) is 33.2 Å². The van der Waals surface area contributed by atoms with Gasteiger partial charge in [0, 0.05) is 5.92 Å². The molecule has 2 nitrogen and oxygen atoms in total. The Morgan fingerprint density at radius 2 is 1.88 bits per heavy atom. The fourth-order valence-corrected chi connectivity index (χ4v) is 2.13. The lowest BCUT2D eigenvalue weighted by atomic mass is 9.84. The fourth-order valence-electron chi connectivity index (χ4n) is 2.13. The normalized spacial score (nSPS) is 14.6. The first-order chi connectivity index (χ1) is 7.98. The third kappa shape index (κ3) is 6.02. The van der Waals surface area contributed by atoms with E-state index in [9.17, 15) is 4.79 Å². The smallest absolute Gasteiger partial charge is 0.155 e. The summed E-state index contributed by atoms with van der Waals surface area (Å²) < 4.78 is 0. The van der Waals surface area contributed by atoms with Gasteiger partial charge in [-0.1, -0.05) is 39.2 Å². The zero-order chi connectivity index (χ0) is 13.3. The molecule has 17 heavy (non-hydrogen) atoms. The van der Waals surface area contributed by atoms with E-state index in [4.69, 9.17) is 0 Å². The van der Waals surface area contributed by atoms with Crippen molar-refractivity contribution in [3.05, 3.63) is 12.7 Å². The molecule has 0 spiro atoms. The van der Waals surface area contributed by atoms with Crippen LogP contribution >= 0.6 is 0 Å². The largest absolute Gasteiger partial charge is 0.308 e. The molecule has 100 valence electrons. The third-order valence-electron chi connectivity index (χ3n) is 3.46. The molecule has 0 aliphatic heterocycles. The van der Waals surface area contributed by atoms with Crippen LogP contribution in [-0.4, -0.2) is 18.4 Å². The van der Waals surface area contributed by atoms with Crippen molar-refractivity contribution in [1.29, 1.82) is 0 Å². The molecule has 0 unspecified atom stereocenters. The molecule has 0 aromatic rings. The van der Waals surface area contributed by atoms with Crippen LogP contribution in [0.5, 0.6) is 0 Å². The highest BCUT2D eigenvalue weighted by Crippen LogP contribution is 2.20. The van der Waals surface area contributed by atoms with Gasteiger partial charge in [0.1, 0.15) is 0 Å². The van der Waals surface area contributed by atoms with E-state index >= 15 is 0 Å². The Hall–Kier alpha value is -0.630. The Bertz CT molecular complexity index is 235. The van der Waals surface area contributed by atoms with Crippen molar-refractivity contribution in [2.45, 2.75) is 64.8 Å². The summed E-state index contributed by atoms with van der Waals surface area (Å²) in [5.41, 5.74) is -0.341. The van der Waals surface area contributed by atoms with Gasteiger partial charge in [0.05, 0.1) is 5.54 Å². The van der Waals surface area contributed by atoms with E-state index in [-0.39, 0.29) is 11.5 Å². The van der Waals surface area contributed by atoms with E-state index in [1.54, 1.807) is 0 Å². The number of allylic oxidation sites excluding steroid dienone is 1. The maximum atomic E-state index is 12.1. The molecule has 0 aromatic heterocycles. The molecular formula is C15H29NO. The van der Waals surface area contributed by atoms with Crippen LogP contribution in [0.25, 0.3) is 0 Å². The minimum atomic E-state index is -0.341. The lowest BCUT2D eigenvalue weighted by molar-refractivity contribution is -0.128. The quantitative estimate of drug-likeness (QED) is 0.465. The van der Waals surface area contributed by atoms with E-state index < -0.39 is 0 Å². The predicted molar refractivity (Wildman–Crippen MR) is 75.2 cm³/mol. The van der Waals surface area contributed by atoms with Crippen molar-refractivity contribution in [3.63, 3.8) is 0 Å². The molecular weight excluding hydrogens is 210 g/mol. The van der Waals surface area contributed by atoms with Crippen molar-refractivity contribution in [3.8, 4) is 0 Å². The zero-order valence-corrected chi connectivity index (χ0v) is 12.0. The second-order valence-corrected chi connectivity index (χ2v) is 5.34. The summed E-state index contributed by atoms with van der Waals surface area (Å²) in [4.78, 5) is 12.1. The number of unbranched alkanes of at least 4 members (excludes halogenated alkanes) is 4. The van der Waals surface area contributed by atoms with Crippen LogP contribution in [0.1, 0.15) is 59.3 Å². The molecule has 0 amide bonds. The van der Waals surface area contributed by atoms with Gasteiger partial charge in [0.15, 0.2) is 5.78 Å². The molecule has 0 rings (SSSR count). The average molecular weight is 239 g/mol. The molecule has 2 heteroatoms. The van der Waals surface area contributed by atoms with Gasteiger partial charge in [-0.2, -0.15) is 0 Å². The SMILES string of the molecule is C=CCCCCCC[C@](C)(NC)C(=O)C(C)C. The molecule has 0 aliphatic carbocycles. The molecule has 0 saturated carbocycles. The highest BCUT2D eigenvalue weighted by Gasteiger charge is 2.31. The van der Waals surface area contributed by atoms with Gasteiger partial charge in [-0.25, -0.2) is 0 Å². The monoisotopic (exact) mass is 239 g/mol. The summed E-state index contributed by atoms with van der Waals surface area (Å²) >= 11 is 0. The third-order valence-corrected chi connectivity index (χ3v) is 3.46. The van der Waals surface area contributed by atoms with E-state index in [0.29, 0.717) is 5.78 Å². The van der Waals surface area contributed by atoms with Crippen LogP contribution in [0.4, 0.5) is 0 Å². The van der Waals surface area contributed by atoms with Crippen molar-refractivity contribution in [2.24, 2.45) is 5.92 Å². The molecule has 1 N–H and O–H groups in total. The van der Waals surface area contributed by atoms with Crippen LogP contribution in [0, 0.1) is 5.92 Å². The van der Waals surface area contributed by atoms with Crippen LogP contribution < -0.4 is 5.32 Å². The first-order valence-electron chi connectivity index (χ1n) is 6.82. The van der Waals surface area contributed by atoms with E-state index in [0.717, 1.165) is 19.3 Å². The van der Waals surface area contributed by atoms with Gasteiger partial charge < -0.3 is 5.32 Å². The minimum Gasteiger partial charge on any atom is -0.308 e. The fraction of sp³-hybridized carbons (Fsp3) is 0.800. The van der Waals surface area contributed by atoms with Crippen molar-refractivity contribution in [2.75, 3.05) is 7.05 Å². The number of hydrogen-bond acceptors (Lipinski definition) is 2. The lowest BCUT2D eigenvalue weighted by Gasteiger charge is -2.29. The molecule has 0 saturated heterocycles. The van der Waals surface area contributed by atoms with Crippen molar-refractivity contribution in [1.82, 2.24) is 5.32 Å². The number of carbonyl (C=O) groups is 1.